The number of hydrogen-bond donors (Lipinski definition) is 0. The zero-order valence-electron chi connectivity index (χ0n) is 8.55. The van der Waals surface area contributed by atoms with Crippen molar-refractivity contribution in [3.05, 3.63) is 64.8 Å². The number of nitrogens with zero attached hydrogens (tertiary/aromatic N) is 1. The number of fused-ring (bicyclic) bond motifs is 3. The van der Waals surface area contributed by atoms with Crippen molar-refractivity contribution in [1.82, 2.24) is 4.98 Å². The Balaban J connectivity index is 2.53. The molecule has 1 aliphatic heterocycles. The Morgan fingerprint density at radius 3 is 2.56 bits per heavy atom. The van der Waals surface area contributed by atoms with E-state index in [4.69, 9.17) is 0 Å². The van der Waals surface area contributed by atoms with Gasteiger partial charge in [0.25, 0.3) is 0 Å². The van der Waals surface area contributed by atoms with E-state index in [1.54, 1.807) is 18.2 Å². The van der Waals surface area contributed by atoms with E-state index in [9.17, 15) is 4.79 Å². The van der Waals surface area contributed by atoms with Crippen LogP contribution in [0.25, 0.3) is 22.2 Å². The van der Waals surface area contributed by atoms with Crippen LogP contribution in [0.2, 0.25) is 0 Å². The van der Waals surface area contributed by atoms with Crippen molar-refractivity contribution in [3.8, 4) is 11.3 Å². The predicted molar refractivity (Wildman–Crippen MR) is 64.6 cm³/mol. The lowest BCUT2D eigenvalue weighted by Gasteiger charge is -1.87. The molecule has 1 heterocycles. The van der Waals surface area contributed by atoms with Crippen molar-refractivity contribution in [2.75, 3.05) is 0 Å². The van der Waals surface area contributed by atoms with E-state index in [2.05, 4.69) is 4.98 Å². The van der Waals surface area contributed by atoms with Crippen molar-refractivity contribution in [2.45, 2.75) is 0 Å². The highest BCUT2D eigenvalue weighted by Gasteiger charge is 2.07. The molecule has 0 spiro atoms. The van der Waals surface area contributed by atoms with Gasteiger partial charge in [-0.25, -0.2) is 4.98 Å². The average molecular weight is 207 g/mol. The average Bonchev–Trinajstić information content (AvgIpc) is 2.48. The van der Waals surface area contributed by atoms with E-state index in [0.717, 1.165) is 22.2 Å². The maximum Gasteiger partial charge on any atom is 0.178 e. The van der Waals surface area contributed by atoms with Gasteiger partial charge in [-0.2, -0.15) is 0 Å². The molecule has 0 aromatic heterocycles. The maximum absolute atomic E-state index is 11.2. The van der Waals surface area contributed by atoms with Crippen LogP contribution in [0.3, 0.4) is 0 Å². The minimum atomic E-state index is 0.00598. The van der Waals surface area contributed by atoms with Crippen LogP contribution < -0.4 is 5.43 Å². The van der Waals surface area contributed by atoms with Gasteiger partial charge in [0.1, 0.15) is 0 Å². The SMILES string of the molecule is O=c1ccc2nc3cccccc-3c2cc1. The first-order chi connectivity index (χ1) is 7.84. The van der Waals surface area contributed by atoms with Crippen molar-refractivity contribution in [2.24, 2.45) is 0 Å². The maximum atomic E-state index is 11.2. The van der Waals surface area contributed by atoms with E-state index < -0.39 is 0 Å². The molecule has 0 fully saturated rings. The van der Waals surface area contributed by atoms with Gasteiger partial charge in [0.05, 0.1) is 11.2 Å². The molecule has 0 saturated heterocycles. The summed E-state index contributed by atoms with van der Waals surface area (Å²) in [5, 5.41) is 1.02. The van der Waals surface area contributed by atoms with Gasteiger partial charge in [0.2, 0.25) is 0 Å². The Hall–Kier alpha value is -2.22. The molecule has 2 heteroatoms. The summed E-state index contributed by atoms with van der Waals surface area (Å²) in [6.45, 7) is 0. The number of hydrogen-bond acceptors (Lipinski definition) is 2. The van der Waals surface area contributed by atoms with Gasteiger partial charge >= 0.3 is 0 Å². The molecule has 0 radical (unpaired) electrons. The largest absolute Gasteiger partial charge is 0.290 e. The first-order valence-corrected chi connectivity index (χ1v) is 5.13. The smallest absolute Gasteiger partial charge is 0.178 e. The van der Waals surface area contributed by atoms with E-state index in [1.165, 1.54) is 0 Å². The second-order valence-corrected chi connectivity index (χ2v) is 3.69. The molecule has 16 heavy (non-hydrogen) atoms. The van der Waals surface area contributed by atoms with Gasteiger partial charge in [0.15, 0.2) is 5.43 Å². The van der Waals surface area contributed by atoms with Gasteiger partial charge in [0, 0.05) is 10.9 Å². The second kappa shape index (κ2) is 3.42. The van der Waals surface area contributed by atoms with Gasteiger partial charge in [-0.15, -0.1) is 0 Å². The summed E-state index contributed by atoms with van der Waals surface area (Å²) in [5.41, 5.74) is 2.91. The second-order valence-electron chi connectivity index (χ2n) is 3.69. The summed E-state index contributed by atoms with van der Waals surface area (Å²) in [6.07, 6.45) is 0. The first-order valence-electron chi connectivity index (χ1n) is 5.13. The molecule has 0 saturated carbocycles. The first kappa shape index (κ1) is 9.04. The zero-order valence-corrected chi connectivity index (χ0v) is 8.55. The van der Waals surface area contributed by atoms with Crippen molar-refractivity contribution < 1.29 is 0 Å². The Morgan fingerprint density at radius 1 is 0.812 bits per heavy atom. The van der Waals surface area contributed by atoms with Crippen molar-refractivity contribution in [3.63, 3.8) is 0 Å². The third-order valence-corrected chi connectivity index (χ3v) is 2.64. The van der Waals surface area contributed by atoms with E-state index >= 15 is 0 Å². The normalized spacial score (nSPS) is 10.8. The molecule has 2 aliphatic rings. The highest BCUT2D eigenvalue weighted by Crippen LogP contribution is 2.28. The quantitative estimate of drug-likeness (QED) is 0.567. The van der Waals surface area contributed by atoms with Gasteiger partial charge in [-0.1, -0.05) is 24.3 Å². The highest BCUT2D eigenvalue weighted by molar-refractivity contribution is 5.96. The lowest BCUT2D eigenvalue weighted by molar-refractivity contribution is 1.47. The number of rotatable bonds is 0. The Labute approximate surface area is 92.5 Å². The molecule has 1 aliphatic carbocycles. The molecule has 3 rings (SSSR count). The lowest BCUT2D eigenvalue weighted by Crippen LogP contribution is -1.87. The number of aromatic nitrogens is 1. The van der Waals surface area contributed by atoms with Gasteiger partial charge < -0.3 is 0 Å². The van der Waals surface area contributed by atoms with Crippen LogP contribution in [0.4, 0.5) is 0 Å². The molecule has 1 aromatic rings. The van der Waals surface area contributed by atoms with Crippen LogP contribution in [-0.4, -0.2) is 4.98 Å². The fraction of sp³-hybridized carbons (Fsp3) is 0. The zero-order chi connectivity index (χ0) is 11.0. The molecule has 0 bridgehead atoms. The van der Waals surface area contributed by atoms with E-state index in [0.29, 0.717) is 0 Å². The molecule has 0 N–H and O–H groups in total. The Bertz CT molecular complexity index is 691. The summed E-state index contributed by atoms with van der Waals surface area (Å²) >= 11 is 0. The third kappa shape index (κ3) is 1.36. The molecule has 0 unspecified atom stereocenters. The molecular formula is C14H9NO. The van der Waals surface area contributed by atoms with Crippen LogP contribution in [0, 0.1) is 0 Å². The lowest BCUT2D eigenvalue weighted by atomic mass is 10.1. The molecule has 76 valence electrons. The van der Waals surface area contributed by atoms with E-state index in [-0.39, 0.29) is 5.43 Å². The topological polar surface area (TPSA) is 30.0 Å². The Kier molecular flexibility index (Phi) is 1.93. The summed E-state index contributed by atoms with van der Waals surface area (Å²) in [5.74, 6) is 0. The van der Waals surface area contributed by atoms with E-state index in [1.807, 2.05) is 36.4 Å². The van der Waals surface area contributed by atoms with Crippen LogP contribution >= 0.6 is 0 Å². The van der Waals surface area contributed by atoms with Crippen LogP contribution in [0.15, 0.2) is 59.4 Å². The third-order valence-electron chi connectivity index (χ3n) is 2.64. The minimum absolute atomic E-state index is 0.00598. The van der Waals surface area contributed by atoms with Crippen LogP contribution in [-0.2, 0) is 0 Å². The van der Waals surface area contributed by atoms with Gasteiger partial charge in [-0.3, -0.25) is 4.79 Å². The molecule has 0 atom stereocenters. The predicted octanol–water partition coefficient (Wildman–Crippen LogP) is 2.70. The summed E-state index contributed by atoms with van der Waals surface area (Å²) in [6, 6.07) is 16.7. The van der Waals surface area contributed by atoms with Gasteiger partial charge in [-0.05, 0) is 30.3 Å². The molecule has 1 aromatic carbocycles. The molecular weight excluding hydrogens is 198 g/mol. The minimum Gasteiger partial charge on any atom is -0.290 e. The standard InChI is InChI=1S/C14H9NO/c16-10-6-8-12-11-4-2-1-3-5-13(11)15-14(12)9-7-10/h1-9H. The van der Waals surface area contributed by atoms with Crippen molar-refractivity contribution >= 4 is 10.9 Å². The Morgan fingerprint density at radius 2 is 1.62 bits per heavy atom. The fourth-order valence-corrected chi connectivity index (χ4v) is 1.88. The summed E-state index contributed by atoms with van der Waals surface area (Å²) in [4.78, 5) is 15.7. The highest BCUT2D eigenvalue weighted by atomic mass is 16.1. The molecule has 0 amide bonds. The van der Waals surface area contributed by atoms with Crippen LogP contribution in [0.5, 0.6) is 0 Å². The fourth-order valence-electron chi connectivity index (χ4n) is 1.88. The monoisotopic (exact) mass is 207 g/mol. The van der Waals surface area contributed by atoms with Crippen molar-refractivity contribution in [1.29, 1.82) is 0 Å². The summed E-state index contributed by atoms with van der Waals surface area (Å²) < 4.78 is 0. The van der Waals surface area contributed by atoms with Crippen LogP contribution in [0.1, 0.15) is 0 Å². The molecule has 2 nitrogen and oxygen atoms in total. The summed E-state index contributed by atoms with van der Waals surface area (Å²) in [7, 11) is 0.